The molecule has 3 amide bonds. The molecular weight excluding hydrogens is 342 g/mol. The fourth-order valence-corrected chi connectivity index (χ4v) is 5.01. The number of carbonyl (C=O) groups is 2. The third kappa shape index (κ3) is 4.10. The molecule has 1 aliphatic heterocycles. The second-order valence-electron chi connectivity index (χ2n) is 9.11. The van der Waals surface area contributed by atoms with Gasteiger partial charge in [-0.1, -0.05) is 32.9 Å². The van der Waals surface area contributed by atoms with Crippen molar-refractivity contribution in [3.05, 3.63) is 29.8 Å². The Kier molecular flexibility index (Phi) is 5.21. The van der Waals surface area contributed by atoms with Gasteiger partial charge < -0.3 is 10.1 Å². The molecule has 2 unspecified atom stereocenters. The first kappa shape index (κ1) is 19.7. The number of imide groups is 1. The zero-order valence-electron chi connectivity index (χ0n) is 17.0. The van der Waals surface area contributed by atoms with E-state index >= 15 is 0 Å². The molecule has 1 heterocycles. The van der Waals surface area contributed by atoms with Crippen molar-refractivity contribution < 1.29 is 14.3 Å². The van der Waals surface area contributed by atoms with Gasteiger partial charge in [0, 0.05) is 6.54 Å². The number of benzene rings is 1. The Morgan fingerprint density at radius 3 is 2.70 bits per heavy atom. The van der Waals surface area contributed by atoms with Crippen LogP contribution in [0, 0.1) is 11.3 Å². The minimum Gasteiger partial charge on any atom is -0.497 e. The van der Waals surface area contributed by atoms with Crippen LogP contribution in [0.4, 0.5) is 4.79 Å². The van der Waals surface area contributed by atoms with Crippen molar-refractivity contribution in [1.82, 2.24) is 15.1 Å². The highest BCUT2D eigenvalue weighted by atomic mass is 16.5. The molecule has 0 bridgehead atoms. The summed E-state index contributed by atoms with van der Waals surface area (Å²) in [5, 5.41) is 3.03. The predicted octanol–water partition coefficient (Wildman–Crippen LogP) is 3.22. The minimum atomic E-state index is -0.741. The van der Waals surface area contributed by atoms with E-state index in [0.717, 1.165) is 24.2 Å². The summed E-state index contributed by atoms with van der Waals surface area (Å²) in [5.41, 5.74) is 0.379. The number of rotatable bonds is 5. The fraction of sp³-hybridized carbons (Fsp3) is 0.619. The molecule has 1 spiro atoms. The Morgan fingerprint density at radius 2 is 2.04 bits per heavy atom. The number of amides is 3. The van der Waals surface area contributed by atoms with Crippen molar-refractivity contribution in [2.24, 2.45) is 11.3 Å². The third-order valence-electron chi connectivity index (χ3n) is 5.59. The number of ether oxygens (including phenoxy) is 1. The largest absolute Gasteiger partial charge is 0.497 e. The van der Waals surface area contributed by atoms with Gasteiger partial charge in [-0.25, -0.2) is 9.69 Å². The summed E-state index contributed by atoms with van der Waals surface area (Å²) in [6.45, 7) is 7.43. The van der Waals surface area contributed by atoms with Gasteiger partial charge in [0.25, 0.3) is 5.91 Å². The lowest BCUT2D eigenvalue weighted by atomic mass is 9.64. The van der Waals surface area contributed by atoms with Crippen LogP contribution in [0.5, 0.6) is 5.75 Å². The first-order valence-electron chi connectivity index (χ1n) is 9.60. The number of hydrogen-bond acceptors (Lipinski definition) is 4. The van der Waals surface area contributed by atoms with Crippen molar-refractivity contribution in [3.8, 4) is 5.75 Å². The first-order valence-corrected chi connectivity index (χ1v) is 9.60. The topological polar surface area (TPSA) is 61.9 Å². The van der Waals surface area contributed by atoms with Crippen molar-refractivity contribution in [2.75, 3.05) is 20.8 Å². The predicted molar refractivity (Wildman–Crippen MR) is 104 cm³/mol. The molecule has 1 saturated heterocycles. The average Bonchev–Trinajstić information content (AvgIpc) is 2.76. The highest BCUT2D eigenvalue weighted by Crippen LogP contribution is 2.46. The summed E-state index contributed by atoms with van der Waals surface area (Å²) in [7, 11) is 3.56. The lowest BCUT2D eigenvalue weighted by Crippen LogP contribution is -2.54. The Labute approximate surface area is 161 Å². The third-order valence-corrected chi connectivity index (χ3v) is 5.59. The Bertz CT molecular complexity index is 733. The zero-order valence-corrected chi connectivity index (χ0v) is 17.0. The van der Waals surface area contributed by atoms with Gasteiger partial charge in [0.1, 0.15) is 11.3 Å². The van der Waals surface area contributed by atoms with E-state index in [1.54, 1.807) is 7.11 Å². The summed E-state index contributed by atoms with van der Waals surface area (Å²) < 4.78 is 5.26. The SMILES string of the molecule is COc1cccc(CN(C)CN2C(=O)NC3(CC(C)CC(C)(C)C3)C2=O)c1. The molecule has 2 fully saturated rings. The van der Waals surface area contributed by atoms with Gasteiger partial charge in [-0.2, -0.15) is 0 Å². The summed E-state index contributed by atoms with van der Waals surface area (Å²) in [5.74, 6) is 1.13. The molecule has 1 aromatic rings. The Balaban J connectivity index is 1.70. The minimum absolute atomic E-state index is 0.0448. The van der Waals surface area contributed by atoms with Gasteiger partial charge in [0.05, 0.1) is 13.8 Å². The molecule has 1 N–H and O–H groups in total. The molecule has 6 heteroatoms. The Hall–Kier alpha value is -2.08. The monoisotopic (exact) mass is 373 g/mol. The summed E-state index contributed by atoms with van der Waals surface area (Å²) in [6.07, 6.45) is 2.50. The van der Waals surface area contributed by atoms with Crippen molar-refractivity contribution in [1.29, 1.82) is 0 Å². The number of urea groups is 1. The van der Waals surface area contributed by atoms with E-state index < -0.39 is 5.54 Å². The van der Waals surface area contributed by atoms with E-state index in [0.29, 0.717) is 18.9 Å². The van der Waals surface area contributed by atoms with E-state index in [-0.39, 0.29) is 24.0 Å². The van der Waals surface area contributed by atoms with Crippen LogP contribution in [-0.4, -0.2) is 48.1 Å². The summed E-state index contributed by atoms with van der Waals surface area (Å²) in [4.78, 5) is 29.2. The second-order valence-corrected chi connectivity index (χ2v) is 9.11. The van der Waals surface area contributed by atoms with Gasteiger partial charge in [-0.05, 0) is 55.3 Å². The van der Waals surface area contributed by atoms with Crippen LogP contribution in [0.2, 0.25) is 0 Å². The molecule has 0 radical (unpaired) electrons. The van der Waals surface area contributed by atoms with Crippen LogP contribution < -0.4 is 10.1 Å². The highest BCUT2D eigenvalue weighted by molar-refractivity contribution is 6.07. The Morgan fingerprint density at radius 1 is 1.30 bits per heavy atom. The standard InChI is InChI=1S/C21H31N3O3/c1-15-10-20(2,3)13-21(11-15)18(25)24(19(26)22-21)14-23(4)12-16-7-6-8-17(9-16)27-5/h6-9,15H,10-14H2,1-5H3,(H,22,26). The molecule has 148 valence electrons. The summed E-state index contributed by atoms with van der Waals surface area (Å²) >= 11 is 0. The van der Waals surface area contributed by atoms with E-state index in [2.05, 4.69) is 26.1 Å². The van der Waals surface area contributed by atoms with Crippen molar-refractivity contribution in [2.45, 2.75) is 52.1 Å². The van der Waals surface area contributed by atoms with Crippen LogP contribution in [0.3, 0.4) is 0 Å². The van der Waals surface area contributed by atoms with E-state index in [1.807, 2.05) is 36.2 Å². The highest BCUT2D eigenvalue weighted by Gasteiger charge is 2.56. The van der Waals surface area contributed by atoms with Gasteiger partial charge in [-0.3, -0.25) is 9.69 Å². The molecule has 2 atom stereocenters. The van der Waals surface area contributed by atoms with Crippen molar-refractivity contribution in [3.63, 3.8) is 0 Å². The van der Waals surface area contributed by atoms with Crippen molar-refractivity contribution >= 4 is 11.9 Å². The molecule has 1 aliphatic carbocycles. The number of nitrogens with one attached hydrogen (secondary N) is 1. The maximum absolute atomic E-state index is 13.2. The van der Waals surface area contributed by atoms with Crippen LogP contribution in [-0.2, 0) is 11.3 Å². The van der Waals surface area contributed by atoms with E-state index in [9.17, 15) is 9.59 Å². The zero-order chi connectivity index (χ0) is 19.8. The van der Waals surface area contributed by atoms with Gasteiger partial charge in [-0.15, -0.1) is 0 Å². The number of hydrogen-bond donors (Lipinski definition) is 1. The molecule has 0 aromatic heterocycles. The first-order chi connectivity index (χ1) is 12.6. The fourth-order valence-electron chi connectivity index (χ4n) is 5.01. The molecular formula is C21H31N3O3. The maximum Gasteiger partial charge on any atom is 0.326 e. The lowest BCUT2D eigenvalue weighted by molar-refractivity contribution is -0.136. The normalized spacial score (nSPS) is 27.3. The van der Waals surface area contributed by atoms with Crippen LogP contribution in [0.25, 0.3) is 0 Å². The molecule has 27 heavy (non-hydrogen) atoms. The average molecular weight is 373 g/mol. The van der Waals surface area contributed by atoms with E-state index in [1.165, 1.54) is 4.90 Å². The number of carbonyl (C=O) groups excluding carboxylic acids is 2. The molecule has 6 nitrogen and oxygen atoms in total. The second kappa shape index (κ2) is 7.15. The number of nitrogens with zero attached hydrogens (tertiary/aromatic N) is 2. The molecule has 3 rings (SSSR count). The smallest absolute Gasteiger partial charge is 0.326 e. The molecule has 2 aliphatic rings. The van der Waals surface area contributed by atoms with Gasteiger partial charge in [0.15, 0.2) is 0 Å². The molecule has 1 aromatic carbocycles. The van der Waals surface area contributed by atoms with E-state index in [4.69, 9.17) is 4.74 Å². The van der Waals surface area contributed by atoms with Crippen LogP contribution in [0.1, 0.15) is 45.6 Å². The van der Waals surface area contributed by atoms with Gasteiger partial charge in [0.2, 0.25) is 0 Å². The van der Waals surface area contributed by atoms with Gasteiger partial charge >= 0.3 is 6.03 Å². The lowest BCUT2D eigenvalue weighted by Gasteiger charge is -2.43. The maximum atomic E-state index is 13.2. The van der Waals surface area contributed by atoms with Crippen LogP contribution >= 0.6 is 0 Å². The van der Waals surface area contributed by atoms with Crippen LogP contribution in [0.15, 0.2) is 24.3 Å². The quantitative estimate of drug-likeness (QED) is 0.805. The molecule has 1 saturated carbocycles. The summed E-state index contributed by atoms with van der Waals surface area (Å²) in [6, 6.07) is 7.54. The number of methoxy groups -OCH3 is 1.